The summed E-state index contributed by atoms with van der Waals surface area (Å²) in [6.45, 7) is 4.80. The van der Waals surface area contributed by atoms with Crippen LogP contribution < -0.4 is 10.2 Å². The van der Waals surface area contributed by atoms with Crippen LogP contribution >= 0.6 is 15.9 Å². The first kappa shape index (κ1) is 13.5. The number of ether oxygens (including phenoxy) is 1. The molecule has 0 aliphatic carbocycles. The van der Waals surface area contributed by atoms with E-state index in [9.17, 15) is 0 Å². The molecule has 1 aromatic heterocycles. The molecule has 0 bridgehead atoms. The molecular weight excluding hydrogens is 296 g/mol. The highest BCUT2D eigenvalue weighted by Crippen LogP contribution is 2.25. The maximum Gasteiger partial charge on any atom is 0.224 e. The summed E-state index contributed by atoms with van der Waals surface area (Å²) in [6.07, 6.45) is 4.41. The second kappa shape index (κ2) is 6.33. The lowest BCUT2D eigenvalue weighted by Crippen LogP contribution is -2.33. The molecule has 1 saturated heterocycles. The fourth-order valence-electron chi connectivity index (χ4n) is 2.10. The van der Waals surface area contributed by atoms with Gasteiger partial charge in [0.15, 0.2) is 0 Å². The van der Waals surface area contributed by atoms with Gasteiger partial charge in [0.05, 0.1) is 10.6 Å². The highest BCUT2D eigenvalue weighted by atomic mass is 79.9. The van der Waals surface area contributed by atoms with Crippen molar-refractivity contribution in [1.29, 1.82) is 0 Å². The second-order valence-corrected chi connectivity index (χ2v) is 5.14. The van der Waals surface area contributed by atoms with Crippen molar-refractivity contribution in [3.8, 4) is 0 Å². The van der Waals surface area contributed by atoms with E-state index in [0.717, 1.165) is 42.8 Å². The highest BCUT2D eigenvalue weighted by molar-refractivity contribution is 9.10. The predicted molar refractivity (Wildman–Crippen MR) is 76.1 cm³/mol. The SMILES string of the molecule is CCN(CC1CCCO1)c1nc(NC)ncc1Br. The first-order valence-electron chi connectivity index (χ1n) is 6.31. The number of nitrogens with zero attached hydrogens (tertiary/aromatic N) is 3. The standard InChI is InChI=1S/C12H19BrN4O/c1-3-17(8-9-5-4-6-18-9)11-10(13)7-15-12(14-2)16-11/h7,9H,3-6,8H2,1-2H3,(H,14,15,16). The van der Waals surface area contributed by atoms with Crippen molar-refractivity contribution in [1.82, 2.24) is 9.97 Å². The number of hydrogen-bond acceptors (Lipinski definition) is 5. The summed E-state index contributed by atoms with van der Waals surface area (Å²) in [5, 5.41) is 2.97. The van der Waals surface area contributed by atoms with E-state index >= 15 is 0 Å². The molecule has 5 nitrogen and oxygen atoms in total. The average Bonchev–Trinajstić information content (AvgIpc) is 2.90. The molecule has 1 aliphatic rings. The zero-order valence-corrected chi connectivity index (χ0v) is 12.4. The van der Waals surface area contributed by atoms with Crippen LogP contribution in [0.4, 0.5) is 11.8 Å². The van der Waals surface area contributed by atoms with E-state index in [4.69, 9.17) is 4.74 Å². The highest BCUT2D eigenvalue weighted by Gasteiger charge is 2.21. The molecule has 1 atom stereocenters. The average molecular weight is 315 g/mol. The van der Waals surface area contributed by atoms with Crippen molar-refractivity contribution in [2.24, 2.45) is 0 Å². The predicted octanol–water partition coefficient (Wildman–Crippen LogP) is 2.29. The number of hydrogen-bond donors (Lipinski definition) is 1. The van der Waals surface area contributed by atoms with E-state index in [1.807, 2.05) is 7.05 Å². The Labute approximate surface area is 116 Å². The van der Waals surface area contributed by atoms with E-state index in [1.165, 1.54) is 0 Å². The van der Waals surface area contributed by atoms with Crippen molar-refractivity contribution in [3.05, 3.63) is 10.7 Å². The van der Waals surface area contributed by atoms with Gasteiger partial charge in [-0.2, -0.15) is 4.98 Å². The summed E-state index contributed by atoms with van der Waals surface area (Å²) in [7, 11) is 1.82. The monoisotopic (exact) mass is 314 g/mol. The van der Waals surface area contributed by atoms with Crippen molar-refractivity contribution in [3.63, 3.8) is 0 Å². The van der Waals surface area contributed by atoms with Gasteiger partial charge in [-0.25, -0.2) is 4.98 Å². The topological polar surface area (TPSA) is 50.3 Å². The largest absolute Gasteiger partial charge is 0.376 e. The Morgan fingerprint density at radius 1 is 1.61 bits per heavy atom. The molecule has 0 spiro atoms. The van der Waals surface area contributed by atoms with Gasteiger partial charge in [-0.05, 0) is 35.7 Å². The maximum absolute atomic E-state index is 5.69. The van der Waals surface area contributed by atoms with Gasteiger partial charge in [0.25, 0.3) is 0 Å². The normalized spacial score (nSPS) is 18.9. The molecule has 18 heavy (non-hydrogen) atoms. The van der Waals surface area contributed by atoms with Crippen LogP contribution in [0.25, 0.3) is 0 Å². The van der Waals surface area contributed by atoms with Gasteiger partial charge in [0.1, 0.15) is 5.82 Å². The number of halogens is 1. The minimum absolute atomic E-state index is 0.324. The molecule has 0 amide bonds. The second-order valence-electron chi connectivity index (χ2n) is 4.29. The smallest absolute Gasteiger partial charge is 0.224 e. The molecule has 100 valence electrons. The Bertz CT molecular complexity index is 396. The summed E-state index contributed by atoms with van der Waals surface area (Å²) >= 11 is 3.52. The lowest BCUT2D eigenvalue weighted by molar-refractivity contribution is 0.115. The van der Waals surface area contributed by atoms with Crippen LogP contribution in [0.15, 0.2) is 10.7 Å². The maximum atomic E-state index is 5.69. The van der Waals surface area contributed by atoms with Gasteiger partial charge in [0, 0.05) is 32.9 Å². The van der Waals surface area contributed by atoms with E-state index in [-0.39, 0.29) is 0 Å². The molecule has 2 heterocycles. The van der Waals surface area contributed by atoms with Gasteiger partial charge < -0.3 is 15.0 Å². The lowest BCUT2D eigenvalue weighted by Gasteiger charge is -2.26. The van der Waals surface area contributed by atoms with E-state index in [1.54, 1.807) is 6.20 Å². The van der Waals surface area contributed by atoms with Crippen LogP contribution in [0.2, 0.25) is 0 Å². The Morgan fingerprint density at radius 2 is 2.44 bits per heavy atom. The van der Waals surface area contributed by atoms with Crippen molar-refractivity contribution >= 4 is 27.7 Å². The number of anilines is 2. The summed E-state index contributed by atoms with van der Waals surface area (Å²) in [4.78, 5) is 10.9. The lowest BCUT2D eigenvalue weighted by atomic mass is 10.2. The van der Waals surface area contributed by atoms with E-state index in [0.29, 0.717) is 12.1 Å². The van der Waals surface area contributed by atoms with Crippen LogP contribution in [0.5, 0.6) is 0 Å². The molecule has 1 fully saturated rings. The van der Waals surface area contributed by atoms with Gasteiger partial charge in [-0.1, -0.05) is 0 Å². The van der Waals surface area contributed by atoms with Crippen LogP contribution in [0.1, 0.15) is 19.8 Å². The molecule has 1 aliphatic heterocycles. The molecular formula is C12H19BrN4O. The Hall–Kier alpha value is -0.880. The summed E-state index contributed by atoms with van der Waals surface area (Å²) in [5.41, 5.74) is 0. The third-order valence-corrected chi connectivity index (χ3v) is 3.64. The first-order valence-corrected chi connectivity index (χ1v) is 7.10. The van der Waals surface area contributed by atoms with Gasteiger partial charge in [0.2, 0.25) is 5.95 Å². The zero-order chi connectivity index (χ0) is 13.0. The number of aromatic nitrogens is 2. The molecule has 1 aromatic rings. The molecule has 1 N–H and O–H groups in total. The minimum Gasteiger partial charge on any atom is -0.376 e. The van der Waals surface area contributed by atoms with Gasteiger partial charge in [-0.3, -0.25) is 0 Å². The number of nitrogens with one attached hydrogen (secondary N) is 1. The quantitative estimate of drug-likeness (QED) is 0.903. The van der Waals surface area contributed by atoms with Crippen molar-refractivity contribution in [2.45, 2.75) is 25.9 Å². The summed E-state index contributed by atoms with van der Waals surface area (Å²) in [5.74, 6) is 1.56. The van der Waals surface area contributed by atoms with Crippen molar-refractivity contribution in [2.75, 3.05) is 37.0 Å². The zero-order valence-electron chi connectivity index (χ0n) is 10.8. The van der Waals surface area contributed by atoms with Crippen molar-refractivity contribution < 1.29 is 4.74 Å². The fourth-order valence-corrected chi connectivity index (χ4v) is 2.54. The molecule has 1 unspecified atom stereocenters. The van der Waals surface area contributed by atoms with E-state index < -0.39 is 0 Å². The number of rotatable bonds is 5. The Morgan fingerprint density at radius 3 is 3.06 bits per heavy atom. The van der Waals surface area contributed by atoms with Crippen LogP contribution in [-0.2, 0) is 4.74 Å². The molecule has 0 aromatic carbocycles. The van der Waals surface area contributed by atoms with Gasteiger partial charge >= 0.3 is 0 Å². The first-order chi connectivity index (χ1) is 8.74. The van der Waals surface area contributed by atoms with Crippen LogP contribution in [0, 0.1) is 0 Å². The van der Waals surface area contributed by atoms with Gasteiger partial charge in [-0.15, -0.1) is 0 Å². The molecule has 2 rings (SSSR count). The van der Waals surface area contributed by atoms with E-state index in [2.05, 4.69) is 43.0 Å². The Balaban J connectivity index is 2.14. The molecule has 6 heteroatoms. The third kappa shape index (κ3) is 3.11. The fraction of sp³-hybridized carbons (Fsp3) is 0.667. The minimum atomic E-state index is 0.324. The van der Waals surface area contributed by atoms with Crippen LogP contribution in [-0.4, -0.2) is 42.8 Å². The Kier molecular flexibility index (Phi) is 4.77. The number of likely N-dealkylation sites (N-methyl/N-ethyl adjacent to an activating group) is 1. The summed E-state index contributed by atoms with van der Waals surface area (Å²) < 4.78 is 6.61. The van der Waals surface area contributed by atoms with Crippen LogP contribution in [0.3, 0.4) is 0 Å². The summed E-state index contributed by atoms with van der Waals surface area (Å²) in [6, 6.07) is 0. The third-order valence-electron chi connectivity index (χ3n) is 3.08. The molecule has 0 radical (unpaired) electrons. The molecule has 0 saturated carbocycles.